The molecule has 0 aliphatic rings. The highest BCUT2D eigenvalue weighted by Gasteiger charge is 2.12. The monoisotopic (exact) mass is 248 g/mol. The van der Waals surface area contributed by atoms with E-state index in [1.54, 1.807) is 4.68 Å². The van der Waals surface area contributed by atoms with E-state index < -0.39 is 11.8 Å². The Kier molecular flexibility index (Phi) is 3.14. The first-order valence-corrected chi connectivity index (χ1v) is 5.50. The highest BCUT2D eigenvalue weighted by molar-refractivity contribution is 5.89. The van der Waals surface area contributed by atoms with Crippen molar-refractivity contribution < 1.29 is 14.3 Å². The van der Waals surface area contributed by atoms with Gasteiger partial charge in [0.2, 0.25) is 0 Å². The molecule has 0 saturated carbocycles. The lowest BCUT2D eigenvalue weighted by molar-refractivity contribution is 0.0695. The van der Waals surface area contributed by atoms with Gasteiger partial charge in [0.15, 0.2) is 0 Å². The van der Waals surface area contributed by atoms with Gasteiger partial charge in [-0.3, -0.25) is 4.68 Å². The molecular weight excluding hydrogens is 235 g/mol. The molecule has 1 aromatic heterocycles. The van der Waals surface area contributed by atoms with Crippen LogP contribution in [0.4, 0.5) is 4.39 Å². The molecule has 94 valence electrons. The zero-order valence-corrected chi connectivity index (χ0v) is 10.1. The predicted octanol–water partition coefficient (Wildman–Crippen LogP) is 2.39. The van der Waals surface area contributed by atoms with Crippen molar-refractivity contribution in [1.29, 1.82) is 0 Å². The summed E-state index contributed by atoms with van der Waals surface area (Å²) in [5, 5.41) is 13.3. The van der Waals surface area contributed by atoms with E-state index in [0.29, 0.717) is 12.1 Å². The van der Waals surface area contributed by atoms with Crippen LogP contribution in [0.15, 0.2) is 24.3 Å². The van der Waals surface area contributed by atoms with E-state index in [1.165, 1.54) is 12.1 Å². The van der Waals surface area contributed by atoms with E-state index in [0.717, 1.165) is 17.5 Å². The van der Waals surface area contributed by atoms with Crippen molar-refractivity contribution in [2.24, 2.45) is 0 Å². The van der Waals surface area contributed by atoms with Gasteiger partial charge in [0.05, 0.1) is 17.8 Å². The third kappa shape index (κ3) is 2.40. The highest BCUT2D eigenvalue weighted by Crippen LogP contribution is 2.14. The Balaban J connectivity index is 2.40. The van der Waals surface area contributed by atoms with Crippen LogP contribution >= 0.6 is 0 Å². The van der Waals surface area contributed by atoms with E-state index in [-0.39, 0.29) is 5.56 Å². The number of aromatic carboxylic acids is 1. The minimum Gasteiger partial charge on any atom is -0.478 e. The molecule has 18 heavy (non-hydrogen) atoms. The quantitative estimate of drug-likeness (QED) is 0.907. The van der Waals surface area contributed by atoms with Crippen LogP contribution < -0.4 is 0 Å². The van der Waals surface area contributed by atoms with Gasteiger partial charge in [-0.1, -0.05) is 6.07 Å². The summed E-state index contributed by atoms with van der Waals surface area (Å²) in [6.45, 7) is 4.08. The fourth-order valence-corrected chi connectivity index (χ4v) is 1.88. The normalized spacial score (nSPS) is 10.6. The molecule has 0 bridgehead atoms. The maximum Gasteiger partial charge on any atom is 0.336 e. The molecule has 0 saturated heterocycles. The van der Waals surface area contributed by atoms with Gasteiger partial charge in [-0.15, -0.1) is 0 Å². The molecule has 0 unspecified atom stereocenters. The van der Waals surface area contributed by atoms with Crippen LogP contribution in [0, 0.1) is 19.7 Å². The summed E-state index contributed by atoms with van der Waals surface area (Å²) in [5.41, 5.74) is 2.32. The van der Waals surface area contributed by atoms with Crippen molar-refractivity contribution in [2.75, 3.05) is 0 Å². The Hall–Kier alpha value is -2.17. The number of aromatic nitrogens is 2. The summed E-state index contributed by atoms with van der Waals surface area (Å²) >= 11 is 0. The molecule has 5 heteroatoms. The second-order valence-electron chi connectivity index (χ2n) is 4.19. The molecule has 0 spiro atoms. The average Bonchev–Trinajstić information content (AvgIpc) is 2.60. The smallest absolute Gasteiger partial charge is 0.336 e. The van der Waals surface area contributed by atoms with Gasteiger partial charge in [-0.2, -0.15) is 5.10 Å². The maximum absolute atomic E-state index is 13.0. The lowest BCUT2D eigenvalue weighted by Gasteiger charge is -2.08. The standard InChI is InChI=1S/C13H13FN2O2/c1-8-5-9(2)16(15-8)7-10-3-4-11(14)6-12(10)13(17)18/h3-6H,7H2,1-2H3,(H,17,18). The van der Waals surface area contributed by atoms with Crippen LogP contribution in [0.3, 0.4) is 0 Å². The SMILES string of the molecule is Cc1cc(C)n(Cc2ccc(F)cc2C(=O)O)n1. The molecule has 0 aliphatic carbocycles. The zero-order chi connectivity index (χ0) is 13.3. The summed E-state index contributed by atoms with van der Waals surface area (Å²) < 4.78 is 14.7. The largest absolute Gasteiger partial charge is 0.478 e. The highest BCUT2D eigenvalue weighted by atomic mass is 19.1. The minimum atomic E-state index is -1.13. The molecule has 2 rings (SSSR count). The van der Waals surface area contributed by atoms with E-state index in [2.05, 4.69) is 5.10 Å². The molecule has 0 aliphatic heterocycles. The second kappa shape index (κ2) is 4.60. The second-order valence-corrected chi connectivity index (χ2v) is 4.19. The van der Waals surface area contributed by atoms with Crippen LogP contribution in [-0.4, -0.2) is 20.9 Å². The number of carboxylic acids is 1. The van der Waals surface area contributed by atoms with E-state index >= 15 is 0 Å². The zero-order valence-electron chi connectivity index (χ0n) is 10.1. The number of hydrogen-bond donors (Lipinski definition) is 1. The number of carboxylic acid groups (broad SMARTS) is 1. The molecule has 1 aromatic carbocycles. The van der Waals surface area contributed by atoms with Crippen molar-refractivity contribution in [1.82, 2.24) is 9.78 Å². The topological polar surface area (TPSA) is 55.1 Å². The Morgan fingerprint density at radius 2 is 2.11 bits per heavy atom. The average molecular weight is 248 g/mol. The molecule has 0 radical (unpaired) electrons. The van der Waals surface area contributed by atoms with Gasteiger partial charge in [0, 0.05) is 5.69 Å². The number of carbonyl (C=O) groups is 1. The molecular formula is C13H13FN2O2. The summed E-state index contributed by atoms with van der Waals surface area (Å²) in [7, 11) is 0. The van der Waals surface area contributed by atoms with E-state index in [9.17, 15) is 9.18 Å². The maximum atomic E-state index is 13.0. The Morgan fingerprint density at radius 1 is 1.39 bits per heavy atom. The lowest BCUT2D eigenvalue weighted by atomic mass is 10.1. The first-order valence-electron chi connectivity index (χ1n) is 5.50. The number of halogens is 1. The fraction of sp³-hybridized carbons (Fsp3) is 0.231. The van der Waals surface area contributed by atoms with Crippen molar-refractivity contribution in [3.8, 4) is 0 Å². The third-order valence-electron chi connectivity index (χ3n) is 2.73. The first-order chi connectivity index (χ1) is 8.47. The van der Waals surface area contributed by atoms with Crippen LogP contribution in [-0.2, 0) is 6.54 Å². The molecule has 0 atom stereocenters. The lowest BCUT2D eigenvalue weighted by Crippen LogP contribution is -2.10. The number of benzene rings is 1. The van der Waals surface area contributed by atoms with Crippen LogP contribution in [0.2, 0.25) is 0 Å². The number of hydrogen-bond acceptors (Lipinski definition) is 2. The molecule has 0 amide bonds. The summed E-state index contributed by atoms with van der Waals surface area (Å²) in [6.07, 6.45) is 0. The van der Waals surface area contributed by atoms with E-state index in [1.807, 2.05) is 19.9 Å². The molecule has 4 nitrogen and oxygen atoms in total. The van der Waals surface area contributed by atoms with Gasteiger partial charge in [0.1, 0.15) is 5.82 Å². The van der Waals surface area contributed by atoms with Gasteiger partial charge < -0.3 is 5.11 Å². The van der Waals surface area contributed by atoms with Crippen molar-refractivity contribution in [2.45, 2.75) is 20.4 Å². The van der Waals surface area contributed by atoms with Gasteiger partial charge >= 0.3 is 5.97 Å². The Bertz CT molecular complexity index is 605. The van der Waals surface area contributed by atoms with Crippen LogP contribution in [0.25, 0.3) is 0 Å². The molecule has 1 heterocycles. The molecule has 2 aromatic rings. The van der Waals surface area contributed by atoms with E-state index in [4.69, 9.17) is 5.11 Å². The fourth-order valence-electron chi connectivity index (χ4n) is 1.88. The van der Waals surface area contributed by atoms with Crippen molar-refractivity contribution in [3.05, 3.63) is 52.6 Å². The molecule has 0 fully saturated rings. The number of nitrogens with zero attached hydrogens (tertiary/aromatic N) is 2. The summed E-state index contributed by atoms with van der Waals surface area (Å²) in [6, 6.07) is 5.68. The number of rotatable bonds is 3. The van der Waals surface area contributed by atoms with Gasteiger partial charge in [-0.05, 0) is 37.6 Å². The Labute approximate surface area is 104 Å². The van der Waals surface area contributed by atoms with Crippen LogP contribution in [0.1, 0.15) is 27.3 Å². The molecule has 1 N–H and O–H groups in total. The van der Waals surface area contributed by atoms with Crippen molar-refractivity contribution in [3.63, 3.8) is 0 Å². The Morgan fingerprint density at radius 3 is 2.67 bits per heavy atom. The van der Waals surface area contributed by atoms with Gasteiger partial charge in [0.25, 0.3) is 0 Å². The summed E-state index contributed by atoms with van der Waals surface area (Å²) in [4.78, 5) is 11.1. The predicted molar refractivity (Wildman–Crippen MR) is 64.2 cm³/mol. The van der Waals surface area contributed by atoms with Crippen molar-refractivity contribution >= 4 is 5.97 Å². The first kappa shape index (κ1) is 12.3. The minimum absolute atomic E-state index is 0.0254. The summed E-state index contributed by atoms with van der Waals surface area (Å²) in [5.74, 6) is -1.68. The van der Waals surface area contributed by atoms with Crippen LogP contribution in [0.5, 0.6) is 0 Å². The third-order valence-corrected chi connectivity index (χ3v) is 2.73. The van der Waals surface area contributed by atoms with Gasteiger partial charge in [-0.25, -0.2) is 9.18 Å². The number of aryl methyl sites for hydroxylation is 2.